The Balaban J connectivity index is 1.93. The average Bonchev–Trinajstić information content (AvgIpc) is 2.97. The Morgan fingerprint density at radius 1 is 1.07 bits per heavy atom. The molecule has 0 spiro atoms. The summed E-state index contributed by atoms with van der Waals surface area (Å²) in [4.78, 5) is 24.6. The number of aromatic hydroxyl groups is 1. The summed E-state index contributed by atoms with van der Waals surface area (Å²) < 4.78 is 29.2. The third kappa shape index (κ3) is 6.94. The lowest BCUT2D eigenvalue weighted by atomic mass is 9.99. The Morgan fingerprint density at radius 2 is 1.71 bits per heavy atom. The Morgan fingerprint density at radius 3 is 2.24 bits per heavy atom. The fourth-order valence-corrected chi connectivity index (χ4v) is 6.15. The van der Waals surface area contributed by atoms with E-state index in [-0.39, 0.29) is 52.4 Å². The Kier molecular flexibility index (Phi) is 10.8. The van der Waals surface area contributed by atoms with Gasteiger partial charge in [0.25, 0.3) is 15.6 Å². The molecule has 0 radical (unpaired) electrons. The molecule has 3 aromatic rings. The number of rotatable bonds is 13. The number of unbranched alkanes of at least 4 members (excludes halogenated alkanes) is 1. The van der Waals surface area contributed by atoms with Crippen LogP contribution in [0.5, 0.6) is 5.88 Å². The van der Waals surface area contributed by atoms with Crippen molar-refractivity contribution in [1.82, 2.24) is 4.57 Å². The van der Waals surface area contributed by atoms with E-state index >= 15 is 0 Å². The molecule has 0 bridgehead atoms. The number of nitriles is 1. The maximum Gasteiger partial charge on any atom is 0.271 e. The van der Waals surface area contributed by atoms with Crippen molar-refractivity contribution in [1.29, 1.82) is 5.26 Å². The molecule has 1 unspecified atom stereocenters. The van der Waals surface area contributed by atoms with Crippen LogP contribution in [0, 0.1) is 24.2 Å². The number of nitrogens with zero attached hydrogens (tertiary/aromatic N) is 5. The second-order valence-corrected chi connectivity index (χ2v) is 11.9. The molecule has 10 nitrogen and oxygen atoms in total. The van der Waals surface area contributed by atoms with Gasteiger partial charge < -0.3 is 5.11 Å². The van der Waals surface area contributed by atoms with Gasteiger partial charge in [0.1, 0.15) is 11.6 Å². The average molecular weight is 592 g/mol. The molecule has 0 aliphatic heterocycles. The van der Waals surface area contributed by atoms with Crippen molar-refractivity contribution in [3.63, 3.8) is 0 Å². The van der Waals surface area contributed by atoms with Gasteiger partial charge in [-0.1, -0.05) is 33.1 Å². The van der Waals surface area contributed by atoms with E-state index in [2.05, 4.69) is 17.2 Å². The normalized spacial score (nSPS) is 12.3. The molecule has 42 heavy (non-hydrogen) atoms. The molecule has 1 atom stereocenters. The molecule has 2 aromatic carbocycles. The highest BCUT2D eigenvalue weighted by Crippen LogP contribution is 2.33. The number of carbonyl (C=O) groups is 1. The molecule has 11 heteroatoms. The smallest absolute Gasteiger partial charge is 0.271 e. The van der Waals surface area contributed by atoms with E-state index in [9.17, 15) is 28.4 Å². The molecule has 0 saturated carbocycles. The van der Waals surface area contributed by atoms with Gasteiger partial charge in [0.2, 0.25) is 5.88 Å². The van der Waals surface area contributed by atoms with Crippen LogP contribution < -0.4 is 9.86 Å². The minimum Gasteiger partial charge on any atom is -0.493 e. The first kappa shape index (κ1) is 32.2. The Bertz CT molecular complexity index is 1650. The van der Waals surface area contributed by atoms with E-state index < -0.39 is 15.6 Å². The Labute approximate surface area is 247 Å². The molecule has 1 heterocycles. The molecule has 1 N–H and O–H groups in total. The number of hydrogen-bond acceptors (Lipinski definition) is 8. The largest absolute Gasteiger partial charge is 0.493 e. The summed E-state index contributed by atoms with van der Waals surface area (Å²) in [7, 11) is -3.91. The second-order valence-electron chi connectivity index (χ2n) is 10.1. The lowest BCUT2D eigenvalue weighted by molar-refractivity contribution is 0.101. The summed E-state index contributed by atoms with van der Waals surface area (Å²) in [5.41, 5.74) is 0.793. The lowest BCUT2D eigenvalue weighted by Crippen LogP contribution is -2.30. The van der Waals surface area contributed by atoms with Gasteiger partial charge in [0.05, 0.1) is 16.3 Å². The van der Waals surface area contributed by atoms with Gasteiger partial charge in [-0.2, -0.15) is 10.4 Å². The van der Waals surface area contributed by atoms with Gasteiger partial charge in [-0.05, 0) is 81.6 Å². The van der Waals surface area contributed by atoms with Gasteiger partial charge in [-0.15, -0.1) is 5.11 Å². The predicted molar refractivity (Wildman–Crippen MR) is 162 cm³/mol. The van der Waals surface area contributed by atoms with Crippen LogP contribution in [-0.4, -0.2) is 30.4 Å². The van der Waals surface area contributed by atoms with Crippen molar-refractivity contribution in [3.05, 3.63) is 75.6 Å². The highest BCUT2D eigenvalue weighted by Gasteiger charge is 2.24. The summed E-state index contributed by atoms with van der Waals surface area (Å²) in [6.45, 7) is 9.24. The summed E-state index contributed by atoms with van der Waals surface area (Å²) in [6, 6.07) is 14.1. The number of sulfonamides is 1. The van der Waals surface area contributed by atoms with Crippen molar-refractivity contribution in [2.24, 2.45) is 16.1 Å². The number of benzene rings is 2. The standard InChI is InChI=1S/C31H37N5O5S/c1-6-9-10-23(7-2)20-35-30(38)28(19-32)21(4)29(31(35)39)34-33-25-13-17-27(18-14-25)42(40,41)36(8-3)26-15-11-24(12-16-26)22(5)37/h11-18,23,39H,6-10,20H2,1-5H3/b34-33+. The molecule has 0 fully saturated rings. The monoisotopic (exact) mass is 591 g/mol. The van der Waals surface area contributed by atoms with Crippen LogP contribution in [0.1, 0.15) is 74.9 Å². The number of azo groups is 1. The summed E-state index contributed by atoms with van der Waals surface area (Å²) in [6.07, 6.45) is 3.71. The molecule has 0 aliphatic carbocycles. The van der Waals surface area contributed by atoms with Gasteiger partial charge >= 0.3 is 0 Å². The summed E-state index contributed by atoms with van der Waals surface area (Å²) in [5.74, 6) is -0.318. The summed E-state index contributed by atoms with van der Waals surface area (Å²) in [5, 5.41) is 29.0. The molecular formula is C31H37N5O5S. The topological polar surface area (TPSA) is 145 Å². The molecule has 0 amide bonds. The van der Waals surface area contributed by atoms with Gasteiger partial charge in [0.15, 0.2) is 11.5 Å². The molecule has 1 aromatic heterocycles. The predicted octanol–water partition coefficient (Wildman–Crippen LogP) is 6.78. The first-order chi connectivity index (χ1) is 20.0. The van der Waals surface area contributed by atoms with Crippen LogP contribution in [-0.2, 0) is 16.6 Å². The quantitative estimate of drug-likeness (QED) is 0.171. The zero-order valence-corrected chi connectivity index (χ0v) is 25.5. The van der Waals surface area contributed by atoms with E-state index in [1.807, 2.05) is 13.0 Å². The van der Waals surface area contributed by atoms with E-state index in [4.69, 9.17) is 0 Å². The minimum absolute atomic E-state index is 0.0133. The molecule has 0 saturated heterocycles. The second kappa shape index (κ2) is 14.0. The number of Topliss-reactive ketones (excluding diaryl/α,β-unsaturated/α-hetero) is 1. The van der Waals surface area contributed by atoms with Crippen molar-refractivity contribution < 1.29 is 18.3 Å². The number of carbonyl (C=O) groups excluding carboxylic acids is 1. The number of aromatic nitrogens is 1. The highest BCUT2D eigenvalue weighted by atomic mass is 32.2. The van der Waals surface area contributed by atoms with E-state index in [1.54, 1.807) is 31.2 Å². The number of pyridine rings is 1. The van der Waals surface area contributed by atoms with Crippen LogP contribution in [0.2, 0.25) is 0 Å². The fourth-order valence-electron chi connectivity index (χ4n) is 4.68. The number of ketones is 1. The van der Waals surface area contributed by atoms with Crippen molar-refractivity contribution in [2.45, 2.75) is 71.7 Å². The summed E-state index contributed by atoms with van der Waals surface area (Å²) >= 11 is 0. The first-order valence-electron chi connectivity index (χ1n) is 14.0. The van der Waals surface area contributed by atoms with Crippen LogP contribution in [0.3, 0.4) is 0 Å². The lowest BCUT2D eigenvalue weighted by Gasteiger charge is -2.23. The van der Waals surface area contributed by atoms with Crippen molar-refractivity contribution >= 4 is 32.9 Å². The van der Waals surface area contributed by atoms with Crippen LogP contribution >= 0.6 is 0 Å². The van der Waals surface area contributed by atoms with Gasteiger partial charge in [0, 0.05) is 24.2 Å². The van der Waals surface area contributed by atoms with E-state index in [0.29, 0.717) is 16.9 Å². The van der Waals surface area contributed by atoms with Crippen LogP contribution in [0.15, 0.2) is 68.4 Å². The minimum atomic E-state index is -3.91. The van der Waals surface area contributed by atoms with E-state index in [0.717, 1.165) is 25.7 Å². The SMILES string of the molecule is CCCCC(CC)Cn1c(O)c(/N=N/c2ccc(S(=O)(=O)N(CC)c3ccc(C(C)=O)cc3)cc2)c(C)c(C#N)c1=O. The maximum absolute atomic E-state index is 13.4. The third-order valence-electron chi connectivity index (χ3n) is 7.29. The van der Waals surface area contributed by atoms with Crippen LogP contribution in [0.4, 0.5) is 17.1 Å². The van der Waals surface area contributed by atoms with Gasteiger partial charge in [-0.3, -0.25) is 18.5 Å². The first-order valence-corrected chi connectivity index (χ1v) is 15.5. The molecule has 0 aliphatic rings. The van der Waals surface area contributed by atoms with Gasteiger partial charge in [-0.25, -0.2) is 8.42 Å². The highest BCUT2D eigenvalue weighted by molar-refractivity contribution is 7.92. The molecule has 3 rings (SSSR count). The number of anilines is 1. The zero-order valence-electron chi connectivity index (χ0n) is 24.7. The molecular weight excluding hydrogens is 554 g/mol. The third-order valence-corrected chi connectivity index (χ3v) is 9.21. The van der Waals surface area contributed by atoms with Crippen LogP contribution in [0.25, 0.3) is 0 Å². The molecule has 222 valence electrons. The van der Waals surface area contributed by atoms with Crippen molar-refractivity contribution in [2.75, 3.05) is 10.8 Å². The Hall–Kier alpha value is -4.30. The number of hydrogen-bond donors (Lipinski definition) is 1. The van der Waals surface area contributed by atoms with Crippen molar-refractivity contribution in [3.8, 4) is 11.9 Å². The van der Waals surface area contributed by atoms with E-state index in [1.165, 1.54) is 47.0 Å². The fraction of sp³-hybridized carbons (Fsp3) is 0.387. The maximum atomic E-state index is 13.4. The zero-order chi connectivity index (χ0) is 31.0.